The Morgan fingerprint density at radius 1 is 1.39 bits per heavy atom. The first-order valence-corrected chi connectivity index (χ1v) is 6.64. The molecule has 18 heavy (non-hydrogen) atoms. The highest BCUT2D eigenvalue weighted by atomic mass is 16.5. The lowest BCUT2D eigenvalue weighted by Crippen LogP contribution is -2.41. The molecule has 0 saturated heterocycles. The van der Waals surface area contributed by atoms with Gasteiger partial charge in [0.05, 0.1) is 0 Å². The van der Waals surface area contributed by atoms with Crippen molar-refractivity contribution in [1.82, 2.24) is 0 Å². The fraction of sp³-hybridized carbons (Fsp3) is 0.533. The third-order valence-electron chi connectivity index (χ3n) is 3.50. The highest BCUT2D eigenvalue weighted by molar-refractivity contribution is 5.80. The number of aliphatic carboxylic acids is 1. The Balaban J connectivity index is 2.28. The third-order valence-corrected chi connectivity index (χ3v) is 3.50. The molecule has 1 unspecified atom stereocenters. The van der Waals surface area contributed by atoms with Crippen molar-refractivity contribution in [2.45, 2.75) is 38.2 Å². The Labute approximate surface area is 108 Å². The molecular weight excluding hydrogens is 228 g/mol. The van der Waals surface area contributed by atoms with Gasteiger partial charge in [0.15, 0.2) is 5.60 Å². The number of carboxylic acids is 1. The maximum absolute atomic E-state index is 11.8. The molecule has 1 N–H and O–H groups in total. The summed E-state index contributed by atoms with van der Waals surface area (Å²) in [4.78, 5) is 11.8. The van der Waals surface area contributed by atoms with Crippen LogP contribution in [-0.2, 0) is 15.1 Å². The summed E-state index contributed by atoms with van der Waals surface area (Å²) in [5, 5.41) is 9.66. The summed E-state index contributed by atoms with van der Waals surface area (Å²) in [6, 6.07) is 9.36. The molecule has 1 aliphatic carbocycles. The van der Waals surface area contributed by atoms with Gasteiger partial charge in [-0.3, -0.25) is 0 Å². The van der Waals surface area contributed by atoms with E-state index in [2.05, 4.69) is 6.92 Å². The number of rotatable bonds is 7. The van der Waals surface area contributed by atoms with Gasteiger partial charge < -0.3 is 9.84 Å². The van der Waals surface area contributed by atoms with Crippen LogP contribution < -0.4 is 0 Å². The number of hydrogen-bond donors (Lipinski definition) is 1. The van der Waals surface area contributed by atoms with Crippen LogP contribution in [0.5, 0.6) is 0 Å². The van der Waals surface area contributed by atoms with E-state index in [9.17, 15) is 9.90 Å². The van der Waals surface area contributed by atoms with Gasteiger partial charge in [0, 0.05) is 12.5 Å². The third kappa shape index (κ3) is 2.41. The van der Waals surface area contributed by atoms with Crippen molar-refractivity contribution in [2.75, 3.05) is 6.61 Å². The molecule has 2 rings (SSSR count). The number of carbonyl (C=O) groups is 1. The quantitative estimate of drug-likeness (QED) is 0.754. The molecule has 1 aliphatic rings. The molecule has 1 atom stereocenters. The van der Waals surface area contributed by atoms with Crippen LogP contribution in [0.2, 0.25) is 0 Å². The minimum atomic E-state index is -1.13. The Bertz CT molecular complexity index is 397. The van der Waals surface area contributed by atoms with E-state index in [1.807, 2.05) is 30.3 Å². The average Bonchev–Trinajstić information content (AvgIpc) is 3.20. The molecule has 0 bridgehead atoms. The molecule has 1 saturated carbocycles. The van der Waals surface area contributed by atoms with Gasteiger partial charge in [-0.1, -0.05) is 43.7 Å². The van der Waals surface area contributed by atoms with E-state index in [1.165, 1.54) is 0 Å². The Morgan fingerprint density at radius 3 is 2.56 bits per heavy atom. The van der Waals surface area contributed by atoms with Crippen molar-refractivity contribution >= 4 is 5.97 Å². The van der Waals surface area contributed by atoms with Gasteiger partial charge in [-0.2, -0.15) is 0 Å². The van der Waals surface area contributed by atoms with Gasteiger partial charge in [0.25, 0.3) is 0 Å². The smallest absolute Gasteiger partial charge is 0.340 e. The predicted octanol–water partition coefficient (Wildman–Crippen LogP) is 3.19. The van der Waals surface area contributed by atoms with Crippen LogP contribution in [0.15, 0.2) is 30.3 Å². The largest absolute Gasteiger partial charge is 0.479 e. The molecule has 98 valence electrons. The standard InChI is InChI=1S/C15H20O3/c1-2-3-11-18-15(14(16)17,13-9-10-13)12-7-5-4-6-8-12/h4-8,13H,2-3,9-11H2,1H3,(H,16,17). The number of unbranched alkanes of at least 4 members (excludes halogenated alkanes) is 1. The fourth-order valence-corrected chi connectivity index (χ4v) is 2.35. The molecule has 0 heterocycles. The highest BCUT2D eigenvalue weighted by Crippen LogP contribution is 2.48. The number of hydrogen-bond acceptors (Lipinski definition) is 2. The zero-order valence-electron chi connectivity index (χ0n) is 10.8. The molecular formula is C15H20O3. The summed E-state index contributed by atoms with van der Waals surface area (Å²) in [6.07, 6.45) is 3.78. The second-order valence-electron chi connectivity index (χ2n) is 4.88. The van der Waals surface area contributed by atoms with E-state index in [0.717, 1.165) is 31.2 Å². The van der Waals surface area contributed by atoms with Crippen LogP contribution in [-0.4, -0.2) is 17.7 Å². The van der Waals surface area contributed by atoms with Crippen molar-refractivity contribution in [2.24, 2.45) is 5.92 Å². The van der Waals surface area contributed by atoms with Crippen molar-refractivity contribution in [3.05, 3.63) is 35.9 Å². The Morgan fingerprint density at radius 2 is 2.06 bits per heavy atom. The van der Waals surface area contributed by atoms with Crippen molar-refractivity contribution in [3.8, 4) is 0 Å². The maximum atomic E-state index is 11.8. The number of carboxylic acid groups (broad SMARTS) is 1. The Hall–Kier alpha value is -1.35. The average molecular weight is 248 g/mol. The summed E-state index contributed by atoms with van der Waals surface area (Å²) in [6.45, 7) is 2.58. The lowest BCUT2D eigenvalue weighted by atomic mass is 9.88. The van der Waals surface area contributed by atoms with Gasteiger partial charge >= 0.3 is 5.97 Å². The first kappa shape index (κ1) is 13.1. The summed E-state index contributed by atoms with van der Waals surface area (Å²) in [5.74, 6) is -0.735. The molecule has 0 radical (unpaired) electrons. The van der Waals surface area contributed by atoms with Gasteiger partial charge in [-0.15, -0.1) is 0 Å². The van der Waals surface area contributed by atoms with Crippen molar-refractivity contribution in [1.29, 1.82) is 0 Å². The molecule has 3 nitrogen and oxygen atoms in total. The Kier molecular flexibility index (Phi) is 4.02. The molecule has 1 aromatic carbocycles. The molecule has 3 heteroatoms. The first-order chi connectivity index (χ1) is 8.71. The van der Waals surface area contributed by atoms with Crippen molar-refractivity contribution in [3.63, 3.8) is 0 Å². The maximum Gasteiger partial charge on any atom is 0.340 e. The molecule has 0 amide bonds. The SMILES string of the molecule is CCCCOC(C(=O)O)(c1ccccc1)C1CC1. The monoisotopic (exact) mass is 248 g/mol. The zero-order chi connectivity index (χ0) is 13.0. The fourth-order valence-electron chi connectivity index (χ4n) is 2.35. The zero-order valence-corrected chi connectivity index (χ0v) is 10.8. The normalized spacial score (nSPS) is 18.3. The predicted molar refractivity (Wildman–Crippen MR) is 69.3 cm³/mol. The van der Waals surface area contributed by atoms with Crippen LogP contribution in [0.4, 0.5) is 0 Å². The minimum absolute atomic E-state index is 0.120. The summed E-state index contributed by atoms with van der Waals surface area (Å²) < 4.78 is 5.84. The van der Waals surface area contributed by atoms with Gasteiger partial charge in [0.2, 0.25) is 0 Å². The second-order valence-corrected chi connectivity index (χ2v) is 4.88. The van der Waals surface area contributed by atoms with Crippen LogP contribution in [0.1, 0.15) is 38.2 Å². The van der Waals surface area contributed by atoms with E-state index in [1.54, 1.807) is 0 Å². The van der Waals surface area contributed by atoms with E-state index in [4.69, 9.17) is 4.74 Å². The van der Waals surface area contributed by atoms with Crippen molar-refractivity contribution < 1.29 is 14.6 Å². The van der Waals surface area contributed by atoms with Crippen LogP contribution in [0.25, 0.3) is 0 Å². The van der Waals surface area contributed by atoms with E-state index in [-0.39, 0.29) is 5.92 Å². The summed E-state index contributed by atoms with van der Waals surface area (Å²) >= 11 is 0. The molecule has 1 aromatic rings. The van der Waals surface area contributed by atoms with Crippen LogP contribution >= 0.6 is 0 Å². The summed E-state index contributed by atoms with van der Waals surface area (Å²) in [5.41, 5.74) is -0.354. The summed E-state index contributed by atoms with van der Waals surface area (Å²) in [7, 11) is 0. The molecule has 0 aliphatic heterocycles. The lowest BCUT2D eigenvalue weighted by Gasteiger charge is -2.30. The van der Waals surface area contributed by atoms with E-state index in [0.29, 0.717) is 6.61 Å². The van der Waals surface area contributed by atoms with E-state index < -0.39 is 11.6 Å². The minimum Gasteiger partial charge on any atom is -0.479 e. The number of ether oxygens (including phenoxy) is 1. The van der Waals surface area contributed by atoms with Gasteiger partial charge in [-0.05, 0) is 24.8 Å². The van der Waals surface area contributed by atoms with Gasteiger partial charge in [0.1, 0.15) is 0 Å². The molecule has 0 aromatic heterocycles. The molecule has 0 spiro atoms. The lowest BCUT2D eigenvalue weighted by molar-refractivity contribution is -0.172. The first-order valence-electron chi connectivity index (χ1n) is 6.64. The second kappa shape index (κ2) is 5.53. The topological polar surface area (TPSA) is 46.5 Å². The van der Waals surface area contributed by atoms with E-state index >= 15 is 0 Å². The molecule has 1 fully saturated rings. The highest BCUT2D eigenvalue weighted by Gasteiger charge is 2.53. The van der Waals surface area contributed by atoms with Crippen LogP contribution in [0, 0.1) is 5.92 Å². The van der Waals surface area contributed by atoms with Crippen LogP contribution in [0.3, 0.4) is 0 Å². The number of benzene rings is 1. The van der Waals surface area contributed by atoms with Gasteiger partial charge in [-0.25, -0.2) is 4.79 Å².